The van der Waals surface area contributed by atoms with Crippen molar-refractivity contribution >= 4 is 17.4 Å². The number of halogens is 1. The molecule has 2 aromatic heterocycles. The highest BCUT2D eigenvalue weighted by Crippen LogP contribution is 2.38. The third-order valence-electron chi connectivity index (χ3n) is 5.95. The van der Waals surface area contributed by atoms with Crippen molar-refractivity contribution in [3.63, 3.8) is 0 Å². The lowest BCUT2D eigenvalue weighted by atomic mass is 10.0. The van der Waals surface area contributed by atoms with E-state index in [0.29, 0.717) is 34.1 Å². The van der Waals surface area contributed by atoms with Gasteiger partial charge in [0.15, 0.2) is 5.82 Å². The summed E-state index contributed by atoms with van der Waals surface area (Å²) in [6.45, 7) is 9.94. The molecule has 0 spiro atoms. The van der Waals surface area contributed by atoms with Crippen molar-refractivity contribution < 1.29 is 9.18 Å². The number of carbonyl (C=O) groups excluding carboxylic acids is 1. The Hall–Kier alpha value is -3.28. The number of hydrogen-bond acceptors (Lipinski definition) is 4. The molecule has 0 unspecified atom stereocenters. The van der Waals surface area contributed by atoms with Crippen LogP contribution in [0.3, 0.4) is 0 Å². The van der Waals surface area contributed by atoms with E-state index in [1.807, 2.05) is 13.0 Å². The van der Waals surface area contributed by atoms with Crippen molar-refractivity contribution in [3.8, 4) is 11.1 Å². The fourth-order valence-electron chi connectivity index (χ4n) is 4.08. The molecule has 0 radical (unpaired) electrons. The molecule has 1 aromatic carbocycles. The molecule has 3 aromatic rings. The van der Waals surface area contributed by atoms with Gasteiger partial charge < -0.3 is 10.2 Å². The first-order valence-corrected chi connectivity index (χ1v) is 11.1. The van der Waals surface area contributed by atoms with Gasteiger partial charge in [-0.05, 0) is 55.5 Å². The number of anilines is 2. The zero-order valence-electron chi connectivity index (χ0n) is 19.0. The second kappa shape index (κ2) is 9.07. The Morgan fingerprint density at radius 1 is 1.16 bits per heavy atom. The second-order valence-corrected chi connectivity index (χ2v) is 8.96. The maximum absolute atomic E-state index is 14.8. The molecule has 32 heavy (non-hydrogen) atoms. The topological polar surface area (TPSA) is 58.1 Å². The van der Waals surface area contributed by atoms with Crippen LogP contribution in [0.4, 0.5) is 15.9 Å². The zero-order chi connectivity index (χ0) is 22.8. The van der Waals surface area contributed by atoms with Crippen molar-refractivity contribution in [3.05, 3.63) is 71.4 Å². The third kappa shape index (κ3) is 4.49. The Morgan fingerprint density at radius 3 is 2.62 bits per heavy atom. The number of nitrogens with one attached hydrogen (secondary N) is 1. The van der Waals surface area contributed by atoms with Gasteiger partial charge in [0.25, 0.3) is 5.91 Å². The molecule has 1 saturated heterocycles. The van der Waals surface area contributed by atoms with Gasteiger partial charge in [0.2, 0.25) is 0 Å². The Balaban J connectivity index is 1.77. The van der Waals surface area contributed by atoms with Gasteiger partial charge in [-0.25, -0.2) is 9.37 Å². The van der Waals surface area contributed by atoms with Crippen LogP contribution in [0, 0.1) is 18.7 Å². The predicted octanol–water partition coefficient (Wildman–Crippen LogP) is 5.81. The summed E-state index contributed by atoms with van der Waals surface area (Å²) in [6.07, 6.45) is 4.33. The van der Waals surface area contributed by atoms with Crippen molar-refractivity contribution in [1.29, 1.82) is 0 Å². The smallest absolute Gasteiger partial charge is 0.257 e. The summed E-state index contributed by atoms with van der Waals surface area (Å²) >= 11 is 0. The molecule has 3 heterocycles. The lowest BCUT2D eigenvalue weighted by Gasteiger charge is -2.23. The summed E-state index contributed by atoms with van der Waals surface area (Å²) in [6, 6.07) is 10.4. The number of aryl methyl sites for hydroxylation is 1. The maximum Gasteiger partial charge on any atom is 0.257 e. The molecule has 0 saturated carbocycles. The zero-order valence-corrected chi connectivity index (χ0v) is 19.0. The molecule has 0 aliphatic carbocycles. The van der Waals surface area contributed by atoms with Gasteiger partial charge in [0.05, 0.1) is 11.3 Å². The van der Waals surface area contributed by atoms with Crippen LogP contribution in [0.5, 0.6) is 0 Å². The minimum absolute atomic E-state index is 0.282. The first-order valence-electron chi connectivity index (χ1n) is 11.1. The lowest BCUT2D eigenvalue weighted by Crippen LogP contribution is -2.24. The van der Waals surface area contributed by atoms with Crippen LogP contribution in [0.15, 0.2) is 48.8 Å². The van der Waals surface area contributed by atoms with Crippen LogP contribution >= 0.6 is 0 Å². The number of rotatable bonds is 5. The summed E-state index contributed by atoms with van der Waals surface area (Å²) in [5.41, 5.74) is 3.93. The number of pyridine rings is 2. The van der Waals surface area contributed by atoms with Crippen molar-refractivity contribution in [1.82, 2.24) is 9.97 Å². The maximum atomic E-state index is 14.8. The van der Waals surface area contributed by atoms with Gasteiger partial charge in [0, 0.05) is 42.3 Å². The van der Waals surface area contributed by atoms with Crippen LogP contribution in [0.25, 0.3) is 11.1 Å². The third-order valence-corrected chi connectivity index (χ3v) is 5.95. The molecule has 0 bridgehead atoms. The highest BCUT2D eigenvalue weighted by molar-refractivity contribution is 6.08. The molecule has 4 rings (SSSR count). The van der Waals surface area contributed by atoms with E-state index in [1.54, 1.807) is 36.7 Å². The Bertz CT molecular complexity index is 1130. The van der Waals surface area contributed by atoms with Gasteiger partial charge >= 0.3 is 0 Å². The Kier molecular flexibility index (Phi) is 6.21. The van der Waals surface area contributed by atoms with E-state index >= 15 is 0 Å². The summed E-state index contributed by atoms with van der Waals surface area (Å²) in [4.78, 5) is 24.3. The quantitative estimate of drug-likeness (QED) is 0.552. The van der Waals surface area contributed by atoms with E-state index in [1.165, 1.54) is 6.07 Å². The van der Waals surface area contributed by atoms with E-state index in [4.69, 9.17) is 0 Å². The average molecular weight is 433 g/mol. The van der Waals surface area contributed by atoms with Gasteiger partial charge in [0.1, 0.15) is 5.82 Å². The minimum Gasteiger partial charge on any atom is -0.355 e. The standard InChI is InChI=1S/C26H29FN4O/c1-16(2)23-8-6-19(14-29-23)26(32)30-24-20(21-13-17(3)5-7-22(21)27)9-11-28-25(24)31-12-10-18(4)15-31/h5-9,11,13-14,16,18H,10,12,15H2,1-4H3,(H,30,32)/t18-/m0/s1. The molecule has 1 atom stereocenters. The molecule has 1 aliphatic rings. The fraction of sp³-hybridized carbons (Fsp3) is 0.346. The first-order chi connectivity index (χ1) is 15.3. The van der Waals surface area contributed by atoms with E-state index < -0.39 is 0 Å². The summed E-state index contributed by atoms with van der Waals surface area (Å²) < 4.78 is 14.8. The number of benzene rings is 1. The van der Waals surface area contributed by atoms with Gasteiger partial charge in [-0.2, -0.15) is 0 Å². The normalized spacial score (nSPS) is 15.9. The molecular formula is C26H29FN4O. The largest absolute Gasteiger partial charge is 0.355 e. The molecule has 1 amide bonds. The fourth-order valence-corrected chi connectivity index (χ4v) is 4.08. The summed E-state index contributed by atoms with van der Waals surface area (Å²) in [5.74, 6) is 0.870. The molecular weight excluding hydrogens is 403 g/mol. The van der Waals surface area contributed by atoms with Crippen molar-refractivity contribution in [2.24, 2.45) is 5.92 Å². The minimum atomic E-state index is -0.332. The van der Waals surface area contributed by atoms with Crippen LogP contribution in [0.2, 0.25) is 0 Å². The van der Waals surface area contributed by atoms with Crippen LogP contribution in [0.1, 0.15) is 54.7 Å². The SMILES string of the molecule is Cc1ccc(F)c(-c2ccnc(N3CC[C@H](C)C3)c2NC(=O)c2ccc(C(C)C)nc2)c1. The van der Waals surface area contributed by atoms with Crippen molar-refractivity contribution in [2.75, 3.05) is 23.3 Å². The first kappa shape index (κ1) is 21.9. The van der Waals surface area contributed by atoms with Crippen LogP contribution in [-0.2, 0) is 0 Å². The highest BCUT2D eigenvalue weighted by Gasteiger charge is 2.26. The molecule has 1 fully saturated rings. The lowest BCUT2D eigenvalue weighted by molar-refractivity contribution is 0.102. The molecule has 1 N–H and O–H groups in total. The predicted molar refractivity (Wildman–Crippen MR) is 127 cm³/mol. The number of hydrogen-bond donors (Lipinski definition) is 1. The van der Waals surface area contributed by atoms with Crippen molar-refractivity contribution in [2.45, 2.75) is 40.0 Å². The van der Waals surface area contributed by atoms with Crippen LogP contribution in [-0.4, -0.2) is 29.0 Å². The van der Waals surface area contributed by atoms with Gasteiger partial charge in [-0.15, -0.1) is 0 Å². The second-order valence-electron chi connectivity index (χ2n) is 8.96. The average Bonchev–Trinajstić information content (AvgIpc) is 3.21. The molecule has 166 valence electrons. The van der Waals surface area contributed by atoms with Crippen LogP contribution < -0.4 is 10.2 Å². The monoisotopic (exact) mass is 432 g/mol. The number of aromatic nitrogens is 2. The molecule has 1 aliphatic heterocycles. The summed E-state index contributed by atoms with van der Waals surface area (Å²) in [5, 5.41) is 3.03. The number of nitrogens with zero attached hydrogens (tertiary/aromatic N) is 3. The van der Waals surface area contributed by atoms with E-state index in [-0.39, 0.29) is 17.6 Å². The number of amides is 1. The summed E-state index contributed by atoms with van der Waals surface area (Å²) in [7, 11) is 0. The Morgan fingerprint density at radius 2 is 1.97 bits per heavy atom. The molecule has 5 nitrogen and oxygen atoms in total. The van der Waals surface area contributed by atoms with E-state index in [2.05, 4.69) is 41.0 Å². The van der Waals surface area contributed by atoms with E-state index in [0.717, 1.165) is 30.8 Å². The Labute approximate surface area is 188 Å². The molecule has 6 heteroatoms. The highest BCUT2D eigenvalue weighted by atomic mass is 19.1. The van der Waals surface area contributed by atoms with Gasteiger partial charge in [-0.1, -0.05) is 32.4 Å². The van der Waals surface area contributed by atoms with Gasteiger partial charge in [-0.3, -0.25) is 9.78 Å². The number of carbonyl (C=O) groups is 1. The van der Waals surface area contributed by atoms with E-state index in [9.17, 15) is 9.18 Å².